The van der Waals surface area contributed by atoms with Crippen molar-refractivity contribution < 1.29 is 0 Å². The summed E-state index contributed by atoms with van der Waals surface area (Å²) in [5.74, 6) is 1.01. The number of hydrogen-bond donors (Lipinski definition) is 2. The third-order valence-electron chi connectivity index (χ3n) is 2.73. The molecule has 0 saturated carbocycles. The maximum atomic E-state index is 6.03. The molecule has 2 aromatic rings. The van der Waals surface area contributed by atoms with Gasteiger partial charge in [-0.15, -0.1) is 0 Å². The fourth-order valence-corrected chi connectivity index (χ4v) is 1.67. The minimum Gasteiger partial charge on any atom is -0.368 e. The van der Waals surface area contributed by atoms with E-state index in [0.717, 1.165) is 12.8 Å². The molecule has 5 nitrogen and oxygen atoms in total. The van der Waals surface area contributed by atoms with Crippen molar-refractivity contribution in [1.82, 2.24) is 14.8 Å². The van der Waals surface area contributed by atoms with Gasteiger partial charge in [0, 0.05) is 7.05 Å². The zero-order chi connectivity index (χ0) is 12.3. The van der Waals surface area contributed by atoms with Crippen LogP contribution in [0.1, 0.15) is 23.9 Å². The van der Waals surface area contributed by atoms with Gasteiger partial charge in [0.05, 0.1) is 6.04 Å². The first-order valence-electron chi connectivity index (χ1n) is 5.62. The third kappa shape index (κ3) is 2.82. The summed E-state index contributed by atoms with van der Waals surface area (Å²) in [5.41, 5.74) is 12.9. The Morgan fingerprint density at radius 3 is 2.59 bits per heavy atom. The Hall–Kier alpha value is -1.88. The average Bonchev–Trinajstić information content (AvgIpc) is 2.68. The quantitative estimate of drug-likeness (QED) is 0.823. The number of rotatable bonds is 4. The lowest BCUT2D eigenvalue weighted by atomic mass is 10.1. The molecule has 0 fully saturated rings. The third-order valence-corrected chi connectivity index (χ3v) is 2.73. The van der Waals surface area contributed by atoms with Crippen LogP contribution in [0.4, 0.5) is 5.95 Å². The highest BCUT2D eigenvalue weighted by Crippen LogP contribution is 2.14. The molecule has 0 aliphatic carbocycles. The molecule has 0 saturated heterocycles. The molecule has 0 aliphatic rings. The first-order valence-corrected chi connectivity index (χ1v) is 5.62. The van der Waals surface area contributed by atoms with E-state index in [9.17, 15) is 0 Å². The number of aromatic nitrogens is 3. The molecular formula is C12H17N5. The Balaban J connectivity index is 1.96. The molecule has 1 heterocycles. The molecule has 1 atom stereocenters. The molecule has 90 valence electrons. The fourth-order valence-electron chi connectivity index (χ4n) is 1.67. The molecule has 4 N–H and O–H groups in total. The van der Waals surface area contributed by atoms with Crippen molar-refractivity contribution >= 4 is 5.95 Å². The topological polar surface area (TPSA) is 82.8 Å². The number of aryl methyl sites for hydroxylation is 2. The highest BCUT2D eigenvalue weighted by Gasteiger charge is 2.12. The van der Waals surface area contributed by atoms with Gasteiger partial charge in [0.25, 0.3) is 0 Å². The number of nitrogens with two attached hydrogens (primary N) is 2. The van der Waals surface area contributed by atoms with Gasteiger partial charge >= 0.3 is 0 Å². The van der Waals surface area contributed by atoms with Gasteiger partial charge in [-0.1, -0.05) is 30.3 Å². The molecule has 17 heavy (non-hydrogen) atoms. The zero-order valence-electron chi connectivity index (χ0n) is 9.87. The van der Waals surface area contributed by atoms with Crippen molar-refractivity contribution in [3.8, 4) is 0 Å². The van der Waals surface area contributed by atoms with E-state index in [0.29, 0.717) is 11.8 Å². The summed E-state index contributed by atoms with van der Waals surface area (Å²) in [6.45, 7) is 0. The lowest BCUT2D eigenvalue weighted by molar-refractivity contribution is 0.602. The SMILES string of the molecule is Cn1nc(C(N)CCc2ccccc2)nc1N. The van der Waals surface area contributed by atoms with E-state index in [1.807, 2.05) is 18.2 Å². The van der Waals surface area contributed by atoms with Crippen LogP contribution in [0.15, 0.2) is 30.3 Å². The predicted octanol–water partition coefficient (Wildman–Crippen LogP) is 1.03. The van der Waals surface area contributed by atoms with Crippen LogP contribution in [0.5, 0.6) is 0 Å². The highest BCUT2D eigenvalue weighted by atomic mass is 15.4. The number of benzene rings is 1. The van der Waals surface area contributed by atoms with Crippen molar-refractivity contribution in [2.24, 2.45) is 12.8 Å². The van der Waals surface area contributed by atoms with Gasteiger partial charge in [-0.25, -0.2) is 4.68 Å². The molecule has 2 rings (SSSR count). The Morgan fingerprint density at radius 2 is 2.00 bits per heavy atom. The predicted molar refractivity (Wildman–Crippen MR) is 67.1 cm³/mol. The van der Waals surface area contributed by atoms with Crippen molar-refractivity contribution in [3.05, 3.63) is 41.7 Å². The minimum atomic E-state index is -0.168. The molecule has 1 unspecified atom stereocenters. The maximum Gasteiger partial charge on any atom is 0.218 e. The van der Waals surface area contributed by atoms with E-state index in [1.54, 1.807) is 7.05 Å². The second-order valence-electron chi connectivity index (χ2n) is 4.08. The largest absolute Gasteiger partial charge is 0.368 e. The van der Waals surface area contributed by atoms with Crippen molar-refractivity contribution in [3.63, 3.8) is 0 Å². The highest BCUT2D eigenvalue weighted by molar-refractivity contribution is 5.18. The molecule has 0 bridgehead atoms. The first kappa shape index (κ1) is 11.6. The monoisotopic (exact) mass is 231 g/mol. The molecule has 0 radical (unpaired) electrons. The number of anilines is 1. The van der Waals surface area contributed by atoms with E-state index >= 15 is 0 Å². The van der Waals surface area contributed by atoms with Crippen LogP contribution in [-0.2, 0) is 13.5 Å². The van der Waals surface area contributed by atoms with Gasteiger partial charge in [0.2, 0.25) is 5.95 Å². The maximum absolute atomic E-state index is 6.03. The lowest BCUT2D eigenvalue weighted by Crippen LogP contribution is -2.13. The molecular weight excluding hydrogens is 214 g/mol. The summed E-state index contributed by atoms with van der Waals surface area (Å²) in [4.78, 5) is 4.13. The van der Waals surface area contributed by atoms with Gasteiger partial charge in [0.15, 0.2) is 5.82 Å². The molecule has 0 amide bonds. The van der Waals surface area contributed by atoms with Gasteiger partial charge in [-0.2, -0.15) is 10.1 Å². The standard InChI is InChI=1S/C12H17N5/c1-17-12(14)15-11(16-17)10(13)8-7-9-5-3-2-4-6-9/h2-6,10H,7-8,13H2,1H3,(H2,14,15,16). The van der Waals surface area contributed by atoms with Crippen LogP contribution in [0, 0.1) is 0 Å². The minimum absolute atomic E-state index is 0.168. The lowest BCUT2D eigenvalue weighted by Gasteiger charge is -2.07. The van der Waals surface area contributed by atoms with E-state index in [-0.39, 0.29) is 6.04 Å². The molecule has 1 aromatic heterocycles. The second kappa shape index (κ2) is 4.97. The van der Waals surface area contributed by atoms with Gasteiger partial charge in [0.1, 0.15) is 0 Å². The van der Waals surface area contributed by atoms with E-state index in [4.69, 9.17) is 11.5 Å². The van der Waals surface area contributed by atoms with Gasteiger partial charge < -0.3 is 11.5 Å². The Bertz CT molecular complexity index is 457. The summed E-state index contributed by atoms with van der Waals surface area (Å²) in [6.07, 6.45) is 1.73. The summed E-state index contributed by atoms with van der Waals surface area (Å²) in [5, 5.41) is 4.18. The van der Waals surface area contributed by atoms with Crippen LogP contribution >= 0.6 is 0 Å². The Kier molecular flexibility index (Phi) is 3.39. The molecule has 0 aliphatic heterocycles. The average molecular weight is 231 g/mol. The van der Waals surface area contributed by atoms with Crippen LogP contribution in [0.3, 0.4) is 0 Å². The van der Waals surface area contributed by atoms with E-state index in [1.165, 1.54) is 10.2 Å². The summed E-state index contributed by atoms with van der Waals surface area (Å²) in [6, 6.07) is 10.1. The smallest absolute Gasteiger partial charge is 0.218 e. The van der Waals surface area contributed by atoms with E-state index in [2.05, 4.69) is 22.2 Å². The first-order chi connectivity index (χ1) is 8.16. The second-order valence-corrected chi connectivity index (χ2v) is 4.08. The van der Waals surface area contributed by atoms with Crippen molar-refractivity contribution in [1.29, 1.82) is 0 Å². The van der Waals surface area contributed by atoms with Gasteiger partial charge in [-0.3, -0.25) is 0 Å². The van der Waals surface area contributed by atoms with Crippen molar-refractivity contribution in [2.45, 2.75) is 18.9 Å². The van der Waals surface area contributed by atoms with Crippen LogP contribution in [0.25, 0.3) is 0 Å². The summed E-state index contributed by atoms with van der Waals surface area (Å²) >= 11 is 0. The number of hydrogen-bond acceptors (Lipinski definition) is 4. The Labute approximate surface area is 100 Å². The van der Waals surface area contributed by atoms with Crippen LogP contribution in [0.2, 0.25) is 0 Å². The molecule has 5 heteroatoms. The van der Waals surface area contributed by atoms with Crippen LogP contribution < -0.4 is 11.5 Å². The zero-order valence-corrected chi connectivity index (χ0v) is 9.87. The van der Waals surface area contributed by atoms with Crippen molar-refractivity contribution in [2.75, 3.05) is 5.73 Å². The van der Waals surface area contributed by atoms with Crippen LogP contribution in [-0.4, -0.2) is 14.8 Å². The number of nitrogen functional groups attached to an aromatic ring is 1. The van der Waals surface area contributed by atoms with Gasteiger partial charge in [-0.05, 0) is 18.4 Å². The Morgan fingerprint density at radius 1 is 1.29 bits per heavy atom. The molecule has 1 aromatic carbocycles. The van der Waals surface area contributed by atoms with E-state index < -0.39 is 0 Å². The normalized spacial score (nSPS) is 12.6. The fraction of sp³-hybridized carbons (Fsp3) is 0.333. The number of nitrogens with zero attached hydrogens (tertiary/aromatic N) is 3. The summed E-state index contributed by atoms with van der Waals surface area (Å²) in [7, 11) is 1.76. The summed E-state index contributed by atoms with van der Waals surface area (Å²) < 4.78 is 1.54. The molecule has 0 spiro atoms.